The Kier molecular flexibility index (Phi) is 11.9. The summed E-state index contributed by atoms with van der Waals surface area (Å²) in [7, 11) is 0. The molecule has 0 saturated carbocycles. The molecule has 0 spiro atoms. The van der Waals surface area contributed by atoms with Gasteiger partial charge < -0.3 is 35.6 Å². The number of alkyl carbamates (subject to hydrolysis) is 1. The number of ether oxygens (including phenoxy) is 1. The van der Waals surface area contributed by atoms with Gasteiger partial charge in [-0.2, -0.15) is 0 Å². The molecule has 0 bridgehead atoms. The minimum absolute atomic E-state index is 0.0188. The summed E-state index contributed by atoms with van der Waals surface area (Å²) in [4.78, 5) is 55.0. The van der Waals surface area contributed by atoms with Crippen molar-refractivity contribution < 1.29 is 39.2 Å². The Bertz CT molecular complexity index is 1710. The third-order valence-corrected chi connectivity index (χ3v) is 9.40. The first-order valence-electron chi connectivity index (χ1n) is 15.7. The van der Waals surface area contributed by atoms with Gasteiger partial charge >= 0.3 is 12.1 Å². The number of nitrogens with one attached hydrogen (secondary N) is 2. The molecule has 5 atom stereocenters. The summed E-state index contributed by atoms with van der Waals surface area (Å²) in [5.74, 6) is -2.50. The van der Waals surface area contributed by atoms with E-state index in [1.165, 1.54) is 28.8 Å². The Hall–Kier alpha value is -5.33. The maximum absolute atomic E-state index is 14.6. The van der Waals surface area contributed by atoms with Crippen LogP contribution in [0.25, 0.3) is 0 Å². The second-order valence-electron chi connectivity index (χ2n) is 11.6. The number of carbonyl (C=O) groups excluding carboxylic acids is 3. The number of phenolic OH excluding ortho intramolecular Hbond substituents is 1. The molecule has 0 aromatic heterocycles. The van der Waals surface area contributed by atoms with Crippen molar-refractivity contribution in [3.63, 3.8) is 0 Å². The van der Waals surface area contributed by atoms with E-state index in [-0.39, 0.29) is 31.0 Å². The molecule has 4 aromatic carbocycles. The second kappa shape index (κ2) is 16.7. The van der Waals surface area contributed by atoms with Gasteiger partial charge in [0.1, 0.15) is 29.8 Å². The third-order valence-electron chi connectivity index (χ3n) is 8.08. The number of nitrogens with zero attached hydrogens (tertiary/aromatic N) is 1. The quantitative estimate of drug-likeness (QED) is 0.140. The fourth-order valence-corrected chi connectivity index (χ4v) is 7.01. The van der Waals surface area contributed by atoms with Crippen molar-refractivity contribution >= 4 is 35.6 Å². The van der Waals surface area contributed by atoms with Gasteiger partial charge in [-0.25, -0.2) is 9.59 Å². The van der Waals surface area contributed by atoms with Crippen LogP contribution in [0.5, 0.6) is 5.75 Å². The third kappa shape index (κ3) is 9.40. The lowest BCUT2D eigenvalue weighted by Crippen LogP contribution is -2.58. The zero-order chi connectivity index (χ0) is 34.8. The summed E-state index contributed by atoms with van der Waals surface area (Å²) >= 11 is 1.35. The van der Waals surface area contributed by atoms with Crippen LogP contribution in [0.4, 0.5) is 4.79 Å². The number of thioether (sulfide) groups is 1. The van der Waals surface area contributed by atoms with E-state index in [9.17, 15) is 34.5 Å². The van der Waals surface area contributed by atoms with Crippen LogP contribution in [0.3, 0.4) is 0 Å². The number of aliphatic hydroxyl groups is 1. The van der Waals surface area contributed by atoms with Crippen LogP contribution < -0.4 is 10.6 Å². The van der Waals surface area contributed by atoms with Gasteiger partial charge in [-0.05, 0) is 40.8 Å². The number of carbonyl (C=O) groups is 4. The van der Waals surface area contributed by atoms with E-state index in [0.29, 0.717) is 11.1 Å². The van der Waals surface area contributed by atoms with Gasteiger partial charge in [-0.15, -0.1) is 11.8 Å². The van der Waals surface area contributed by atoms with E-state index >= 15 is 0 Å². The summed E-state index contributed by atoms with van der Waals surface area (Å²) in [6.07, 6.45) is -2.69. The molecule has 49 heavy (non-hydrogen) atoms. The van der Waals surface area contributed by atoms with Gasteiger partial charge in [-0.3, -0.25) is 9.59 Å². The van der Waals surface area contributed by atoms with Gasteiger partial charge in [0.25, 0.3) is 0 Å². The molecule has 254 valence electrons. The fourth-order valence-electron chi connectivity index (χ4n) is 5.57. The second-order valence-corrected chi connectivity index (χ2v) is 12.7. The maximum atomic E-state index is 14.6. The first-order chi connectivity index (χ1) is 23.7. The van der Waals surface area contributed by atoms with Crippen LogP contribution in [0.1, 0.15) is 27.6 Å². The number of aliphatic carboxylic acids is 1. The number of aliphatic hydroxyl groups excluding tert-OH is 1. The molecule has 0 aliphatic carbocycles. The van der Waals surface area contributed by atoms with Crippen molar-refractivity contribution in [2.45, 2.75) is 49.1 Å². The highest BCUT2D eigenvalue weighted by Crippen LogP contribution is 2.42. The zero-order valence-electron chi connectivity index (χ0n) is 26.4. The number of benzene rings is 4. The topological polar surface area (TPSA) is 166 Å². The van der Waals surface area contributed by atoms with Crippen molar-refractivity contribution in [3.8, 4) is 5.75 Å². The van der Waals surface area contributed by atoms with E-state index in [1.807, 2.05) is 48.5 Å². The number of amides is 3. The van der Waals surface area contributed by atoms with E-state index in [4.69, 9.17) is 4.74 Å². The lowest BCUT2D eigenvalue weighted by molar-refractivity contribution is -0.149. The normalized spacial score (nSPS) is 17.4. The van der Waals surface area contributed by atoms with Crippen LogP contribution in [0.2, 0.25) is 0 Å². The Labute approximate surface area is 287 Å². The Morgan fingerprint density at radius 3 is 1.96 bits per heavy atom. The average molecular weight is 684 g/mol. The minimum atomic E-state index is -1.91. The summed E-state index contributed by atoms with van der Waals surface area (Å²) in [6, 6.07) is 29.8. The molecule has 3 amide bonds. The van der Waals surface area contributed by atoms with E-state index in [0.717, 1.165) is 11.1 Å². The van der Waals surface area contributed by atoms with Crippen molar-refractivity contribution in [3.05, 3.63) is 138 Å². The minimum Gasteiger partial charge on any atom is -0.508 e. The molecule has 1 fully saturated rings. The fraction of sp³-hybridized carbons (Fsp3) is 0.243. The van der Waals surface area contributed by atoms with Crippen LogP contribution in [0.15, 0.2) is 115 Å². The van der Waals surface area contributed by atoms with Crippen molar-refractivity contribution in [2.24, 2.45) is 0 Å². The molecule has 1 heterocycles. The number of hydrogen-bond acceptors (Lipinski definition) is 8. The molecule has 4 aromatic rings. The average Bonchev–Trinajstić information content (AvgIpc) is 3.57. The number of rotatable bonds is 13. The van der Waals surface area contributed by atoms with Crippen molar-refractivity contribution in [2.75, 3.05) is 5.75 Å². The molecule has 5 rings (SSSR count). The Morgan fingerprint density at radius 1 is 0.776 bits per heavy atom. The molecule has 5 N–H and O–H groups in total. The van der Waals surface area contributed by atoms with Gasteiger partial charge in [0.15, 0.2) is 6.10 Å². The van der Waals surface area contributed by atoms with E-state index < -0.39 is 53.5 Å². The number of hydrogen-bond donors (Lipinski definition) is 5. The predicted octanol–water partition coefficient (Wildman–Crippen LogP) is 4.05. The Morgan fingerprint density at radius 2 is 1.35 bits per heavy atom. The smallest absolute Gasteiger partial charge is 0.408 e. The van der Waals surface area contributed by atoms with Crippen molar-refractivity contribution in [1.29, 1.82) is 0 Å². The summed E-state index contributed by atoms with van der Waals surface area (Å²) in [5.41, 5.74) is 2.84. The molecule has 1 saturated heterocycles. The number of phenols is 1. The first-order valence-corrected chi connectivity index (χ1v) is 16.7. The molecule has 11 nitrogen and oxygen atoms in total. The van der Waals surface area contributed by atoms with Crippen molar-refractivity contribution in [1.82, 2.24) is 15.5 Å². The van der Waals surface area contributed by atoms with Crippen LogP contribution in [0, 0.1) is 0 Å². The number of carboxylic acids is 1. The molecular formula is C37H37N3O8S. The van der Waals surface area contributed by atoms with Crippen LogP contribution >= 0.6 is 11.8 Å². The summed E-state index contributed by atoms with van der Waals surface area (Å²) in [6.45, 7) is -0.0290. The molecule has 1 aliphatic rings. The monoisotopic (exact) mass is 683 g/mol. The van der Waals surface area contributed by atoms with Gasteiger partial charge in [0.2, 0.25) is 11.8 Å². The van der Waals surface area contributed by atoms with Crippen LogP contribution in [-0.2, 0) is 38.6 Å². The maximum Gasteiger partial charge on any atom is 0.408 e. The molecule has 12 heteroatoms. The molecular weight excluding hydrogens is 646 g/mol. The molecule has 0 radical (unpaired) electrons. The number of aromatic hydroxyl groups is 1. The van der Waals surface area contributed by atoms with Gasteiger partial charge in [0.05, 0.1) is 6.04 Å². The Balaban J connectivity index is 1.43. The van der Waals surface area contributed by atoms with Crippen LogP contribution in [-0.4, -0.2) is 74.1 Å². The highest BCUT2D eigenvalue weighted by Gasteiger charge is 2.45. The lowest BCUT2D eigenvalue weighted by atomic mass is 10.00. The largest absolute Gasteiger partial charge is 0.508 e. The van der Waals surface area contributed by atoms with Gasteiger partial charge in [0, 0.05) is 12.2 Å². The summed E-state index contributed by atoms with van der Waals surface area (Å²) < 4.78 is 5.44. The summed E-state index contributed by atoms with van der Waals surface area (Å²) in [5, 5.41) is 34.8. The zero-order valence-corrected chi connectivity index (χ0v) is 27.2. The molecule has 2 unspecified atom stereocenters. The van der Waals surface area contributed by atoms with Gasteiger partial charge in [-0.1, -0.05) is 103 Å². The first kappa shape index (κ1) is 35.0. The standard InChI is InChI=1S/C37H37N3O8S/c41-28-18-16-25(17-19-28)21-30(39-37(47)48-22-26-12-6-2-7-13-26)34(44)40-31(23-49-35(40)27-14-8-3-9-15-27)33(43)38-29(32(42)36(45)46)20-24-10-4-1-5-11-24/h1-19,29-32,35,41-42H,20-23H2,(H,38,43)(H,39,47)(H,45,46)/t29-,30-,31-,32?,35?/m0/s1. The van der Waals surface area contributed by atoms with E-state index in [1.54, 1.807) is 54.6 Å². The number of carboxylic acid groups (broad SMARTS) is 1. The highest BCUT2D eigenvalue weighted by atomic mass is 32.2. The molecule has 1 aliphatic heterocycles. The highest BCUT2D eigenvalue weighted by molar-refractivity contribution is 7.99. The lowest BCUT2D eigenvalue weighted by Gasteiger charge is -2.33. The van der Waals surface area contributed by atoms with E-state index in [2.05, 4.69) is 10.6 Å². The SMILES string of the molecule is O=C(N[C@@H](Cc1ccc(O)cc1)C(=O)N1C(c2ccccc2)SC[C@H]1C(=O)N[C@@H](Cc1ccccc1)C(O)C(=O)O)OCc1ccccc1. The predicted molar refractivity (Wildman–Crippen MR) is 183 cm³/mol.